The number of aromatic amines is 1. The molecule has 3 aromatic rings. The summed E-state index contributed by atoms with van der Waals surface area (Å²) in [6.07, 6.45) is 4.33. The highest BCUT2D eigenvalue weighted by atomic mass is 15.2. The summed E-state index contributed by atoms with van der Waals surface area (Å²) < 4.78 is 0. The zero-order valence-corrected chi connectivity index (χ0v) is 9.88. The molecule has 2 heterocycles. The lowest BCUT2D eigenvalue weighted by atomic mass is 10.1. The van der Waals surface area contributed by atoms with Crippen LogP contribution in [0.5, 0.6) is 0 Å². The van der Waals surface area contributed by atoms with Crippen molar-refractivity contribution in [2.75, 3.05) is 11.1 Å². The van der Waals surface area contributed by atoms with Gasteiger partial charge in [-0.15, -0.1) is 0 Å². The number of anilines is 3. The summed E-state index contributed by atoms with van der Waals surface area (Å²) in [5.41, 5.74) is 8.44. The first-order valence-electron chi connectivity index (χ1n) is 5.59. The highest BCUT2D eigenvalue weighted by Gasteiger charge is 2.06. The minimum absolute atomic E-state index is 0.566. The topological polar surface area (TPSA) is 116 Å². The van der Waals surface area contributed by atoms with Gasteiger partial charge in [-0.05, 0) is 18.2 Å². The van der Waals surface area contributed by atoms with Gasteiger partial charge < -0.3 is 16.5 Å². The largest absolute Gasteiger partial charge is 0.398 e. The minimum atomic E-state index is 0.566. The molecule has 0 spiro atoms. The molecule has 3 rings (SSSR count). The number of nitrogens with zero attached hydrogens (tertiary/aromatic N) is 3. The molecule has 0 saturated heterocycles. The van der Waals surface area contributed by atoms with Gasteiger partial charge in [0.25, 0.3) is 0 Å². The molecule has 0 aliphatic rings. The molecule has 0 atom stereocenters. The number of nitrogen functional groups attached to an aromatic ring is 1. The normalized spacial score (nSPS) is 10.5. The van der Waals surface area contributed by atoms with Gasteiger partial charge in [-0.25, -0.2) is 9.97 Å². The third kappa shape index (κ3) is 1.97. The van der Waals surface area contributed by atoms with E-state index in [-0.39, 0.29) is 0 Å². The van der Waals surface area contributed by atoms with Crippen molar-refractivity contribution in [1.29, 1.82) is 5.41 Å². The zero-order chi connectivity index (χ0) is 13.2. The van der Waals surface area contributed by atoms with E-state index in [0.29, 0.717) is 22.7 Å². The van der Waals surface area contributed by atoms with Crippen LogP contribution in [0.1, 0.15) is 5.56 Å². The smallest absolute Gasteiger partial charge is 0.160 e. The van der Waals surface area contributed by atoms with Gasteiger partial charge in [0.05, 0.1) is 11.6 Å². The van der Waals surface area contributed by atoms with Crippen LogP contribution in [0, 0.1) is 5.41 Å². The van der Waals surface area contributed by atoms with Crippen LogP contribution in [0.15, 0.2) is 30.7 Å². The number of hydrogen-bond donors (Lipinski definition) is 4. The first-order valence-corrected chi connectivity index (χ1v) is 5.59. The number of nitrogens with two attached hydrogens (primary N) is 1. The fourth-order valence-electron chi connectivity index (χ4n) is 1.78. The number of nitrogens with one attached hydrogen (secondary N) is 3. The second kappa shape index (κ2) is 4.37. The molecule has 0 saturated carbocycles. The van der Waals surface area contributed by atoms with Gasteiger partial charge >= 0.3 is 0 Å². The lowest BCUT2D eigenvalue weighted by Gasteiger charge is -2.08. The second-order valence-corrected chi connectivity index (χ2v) is 3.97. The van der Waals surface area contributed by atoms with Crippen LogP contribution in [-0.4, -0.2) is 26.4 Å². The van der Waals surface area contributed by atoms with Crippen molar-refractivity contribution in [3.63, 3.8) is 0 Å². The molecule has 94 valence electrons. The molecule has 0 aliphatic heterocycles. The van der Waals surface area contributed by atoms with Crippen LogP contribution < -0.4 is 11.1 Å². The average Bonchev–Trinajstić information content (AvgIpc) is 2.90. The highest BCUT2D eigenvalue weighted by Crippen LogP contribution is 2.23. The van der Waals surface area contributed by atoms with Crippen LogP contribution in [0.2, 0.25) is 0 Å². The van der Waals surface area contributed by atoms with Crippen molar-refractivity contribution in [3.8, 4) is 0 Å². The Morgan fingerprint density at radius 1 is 1.32 bits per heavy atom. The van der Waals surface area contributed by atoms with Gasteiger partial charge in [0.2, 0.25) is 0 Å². The summed E-state index contributed by atoms with van der Waals surface area (Å²) in [6, 6.07) is 5.36. The second-order valence-electron chi connectivity index (χ2n) is 3.97. The molecular formula is C12H11N7. The molecule has 19 heavy (non-hydrogen) atoms. The number of benzene rings is 1. The molecule has 0 aliphatic carbocycles. The van der Waals surface area contributed by atoms with Crippen LogP contribution in [-0.2, 0) is 0 Å². The van der Waals surface area contributed by atoms with Crippen LogP contribution >= 0.6 is 0 Å². The van der Waals surface area contributed by atoms with E-state index < -0.39 is 0 Å². The summed E-state index contributed by atoms with van der Waals surface area (Å²) in [4.78, 5) is 8.25. The minimum Gasteiger partial charge on any atom is -0.398 e. The predicted octanol–water partition coefficient (Wildman–Crippen LogP) is 1.68. The quantitative estimate of drug-likeness (QED) is 0.418. The standard InChI is InChI=1S/C12H11N7/c13-4-7-3-8(1-2-10(7)14)18-11-9-5-17-19-12(9)16-6-15-11/h1-6,13H,14H2,(H2,15,16,17,18,19). The lowest BCUT2D eigenvalue weighted by molar-refractivity contribution is 1.09. The van der Waals surface area contributed by atoms with Gasteiger partial charge in [0.15, 0.2) is 5.65 Å². The molecule has 2 aromatic heterocycles. The van der Waals surface area contributed by atoms with Gasteiger partial charge in [-0.2, -0.15) is 5.10 Å². The number of H-pyrrole nitrogens is 1. The molecule has 5 N–H and O–H groups in total. The first-order chi connectivity index (χ1) is 9.28. The van der Waals surface area contributed by atoms with Crippen molar-refractivity contribution in [2.24, 2.45) is 0 Å². The highest BCUT2D eigenvalue weighted by molar-refractivity contribution is 5.90. The molecule has 0 amide bonds. The summed E-state index contributed by atoms with van der Waals surface area (Å²) in [5.74, 6) is 0.652. The Balaban J connectivity index is 2.01. The van der Waals surface area contributed by atoms with Crippen molar-refractivity contribution in [2.45, 2.75) is 0 Å². The van der Waals surface area contributed by atoms with Crippen molar-refractivity contribution >= 4 is 34.4 Å². The fourth-order valence-corrected chi connectivity index (χ4v) is 1.78. The molecular weight excluding hydrogens is 242 g/mol. The third-order valence-electron chi connectivity index (χ3n) is 2.75. The molecule has 7 heteroatoms. The average molecular weight is 253 g/mol. The van der Waals surface area contributed by atoms with Crippen molar-refractivity contribution < 1.29 is 0 Å². The molecule has 0 fully saturated rings. The molecule has 0 radical (unpaired) electrons. The van der Waals surface area contributed by atoms with Crippen LogP contribution in [0.3, 0.4) is 0 Å². The monoisotopic (exact) mass is 253 g/mol. The first kappa shape index (κ1) is 11.1. The van der Waals surface area contributed by atoms with Crippen molar-refractivity contribution in [3.05, 3.63) is 36.3 Å². The van der Waals surface area contributed by atoms with Crippen LogP contribution in [0.25, 0.3) is 11.0 Å². The van der Waals surface area contributed by atoms with Crippen LogP contribution in [0.4, 0.5) is 17.2 Å². The van der Waals surface area contributed by atoms with Gasteiger partial charge in [0, 0.05) is 23.2 Å². The lowest BCUT2D eigenvalue weighted by Crippen LogP contribution is -1.98. The Morgan fingerprint density at radius 3 is 3.05 bits per heavy atom. The Kier molecular flexibility index (Phi) is 2.57. The number of rotatable bonds is 3. The third-order valence-corrected chi connectivity index (χ3v) is 2.75. The zero-order valence-electron chi connectivity index (χ0n) is 9.88. The molecule has 0 unspecified atom stereocenters. The summed E-state index contributed by atoms with van der Waals surface area (Å²) >= 11 is 0. The van der Waals surface area contributed by atoms with E-state index in [1.807, 2.05) is 6.07 Å². The summed E-state index contributed by atoms with van der Waals surface area (Å²) in [7, 11) is 0. The number of fused-ring (bicyclic) bond motifs is 1. The van der Waals surface area contributed by atoms with Gasteiger partial charge in [-0.3, -0.25) is 5.10 Å². The number of hydrogen-bond acceptors (Lipinski definition) is 6. The van der Waals surface area contributed by atoms with E-state index in [2.05, 4.69) is 25.5 Å². The number of aromatic nitrogens is 4. The Labute approximate surface area is 108 Å². The van der Waals surface area contributed by atoms with E-state index >= 15 is 0 Å². The maximum atomic E-state index is 7.29. The summed E-state index contributed by atoms with van der Waals surface area (Å²) in [5, 5.41) is 18.0. The Hall–Kier alpha value is -2.96. The van der Waals surface area contributed by atoms with E-state index in [9.17, 15) is 0 Å². The van der Waals surface area contributed by atoms with E-state index in [4.69, 9.17) is 11.1 Å². The SMILES string of the molecule is N=Cc1cc(Nc2ncnc3[nH]ncc23)ccc1N. The Morgan fingerprint density at radius 2 is 2.21 bits per heavy atom. The Bertz CT molecular complexity index is 747. The van der Waals surface area contributed by atoms with E-state index in [1.165, 1.54) is 12.5 Å². The maximum Gasteiger partial charge on any atom is 0.160 e. The van der Waals surface area contributed by atoms with Gasteiger partial charge in [-0.1, -0.05) is 0 Å². The molecule has 0 bridgehead atoms. The molecule has 1 aromatic carbocycles. The summed E-state index contributed by atoms with van der Waals surface area (Å²) in [6.45, 7) is 0. The van der Waals surface area contributed by atoms with Crippen molar-refractivity contribution in [1.82, 2.24) is 20.2 Å². The van der Waals surface area contributed by atoms with Gasteiger partial charge in [0.1, 0.15) is 12.1 Å². The predicted molar refractivity (Wildman–Crippen MR) is 73.7 cm³/mol. The maximum absolute atomic E-state index is 7.29. The fraction of sp³-hybridized carbons (Fsp3) is 0. The van der Waals surface area contributed by atoms with E-state index in [0.717, 1.165) is 11.1 Å². The molecule has 7 nitrogen and oxygen atoms in total. The van der Waals surface area contributed by atoms with E-state index in [1.54, 1.807) is 18.3 Å².